The Balaban J connectivity index is 3.00. The molecule has 1 unspecified atom stereocenters. The lowest BCUT2D eigenvalue weighted by Crippen LogP contribution is -2.23. The Kier molecular flexibility index (Phi) is 5.01. The number of rotatable bonds is 3. The van der Waals surface area contributed by atoms with Gasteiger partial charge in [0.1, 0.15) is 5.75 Å². The van der Waals surface area contributed by atoms with Gasteiger partial charge >= 0.3 is 5.97 Å². The van der Waals surface area contributed by atoms with Crippen molar-refractivity contribution in [2.75, 3.05) is 0 Å². The minimum Gasteiger partial charge on any atom is -0.427 e. The molecule has 0 aliphatic rings. The second-order valence-electron chi connectivity index (χ2n) is 7.85. The van der Waals surface area contributed by atoms with E-state index in [-0.39, 0.29) is 16.8 Å². The van der Waals surface area contributed by atoms with E-state index in [2.05, 4.69) is 53.7 Å². The molecule has 0 spiro atoms. The molecule has 0 radical (unpaired) electrons. The number of carbonyl (C=O) groups is 1. The summed E-state index contributed by atoms with van der Waals surface area (Å²) >= 11 is 0. The van der Waals surface area contributed by atoms with E-state index in [0.29, 0.717) is 11.7 Å². The maximum absolute atomic E-state index is 11.0. The highest BCUT2D eigenvalue weighted by Crippen LogP contribution is 2.43. The second kappa shape index (κ2) is 5.99. The summed E-state index contributed by atoms with van der Waals surface area (Å²) < 4.78 is 5.10. The number of benzene rings is 1. The second-order valence-corrected chi connectivity index (χ2v) is 7.85. The Bertz CT molecular complexity index is 444. The van der Waals surface area contributed by atoms with E-state index in [9.17, 15) is 4.79 Å². The molecule has 2 heteroatoms. The van der Waals surface area contributed by atoms with Gasteiger partial charge in [0.25, 0.3) is 0 Å². The van der Waals surface area contributed by atoms with Crippen molar-refractivity contribution in [1.29, 1.82) is 0 Å². The average Bonchev–Trinajstić information content (AvgIpc) is 2.24. The van der Waals surface area contributed by atoms with Crippen molar-refractivity contribution in [1.82, 2.24) is 0 Å². The van der Waals surface area contributed by atoms with Crippen molar-refractivity contribution in [3.8, 4) is 5.75 Å². The molecule has 2 nitrogen and oxygen atoms in total. The van der Waals surface area contributed by atoms with Gasteiger partial charge in [-0.1, -0.05) is 53.7 Å². The Morgan fingerprint density at radius 3 is 1.90 bits per heavy atom. The first-order chi connectivity index (χ1) is 8.99. The minimum atomic E-state index is -0.278. The van der Waals surface area contributed by atoms with Crippen LogP contribution in [0.25, 0.3) is 0 Å². The first-order valence-electron chi connectivity index (χ1n) is 7.27. The Morgan fingerprint density at radius 2 is 1.55 bits per heavy atom. The zero-order valence-electron chi connectivity index (χ0n) is 13.9. The molecule has 0 fully saturated rings. The summed E-state index contributed by atoms with van der Waals surface area (Å²) in [6, 6.07) is 7.94. The largest absolute Gasteiger partial charge is 0.427 e. The molecule has 1 rings (SSSR count). The molecule has 0 heterocycles. The number of hydrogen-bond acceptors (Lipinski definition) is 2. The molecule has 0 aromatic heterocycles. The van der Waals surface area contributed by atoms with E-state index in [1.807, 2.05) is 12.1 Å². The number of carbonyl (C=O) groups excluding carboxylic acids is 1. The van der Waals surface area contributed by atoms with Crippen LogP contribution in [0.15, 0.2) is 24.3 Å². The molecule has 0 aliphatic heterocycles. The fourth-order valence-corrected chi connectivity index (χ4v) is 2.47. The van der Waals surface area contributed by atoms with Crippen molar-refractivity contribution in [3.05, 3.63) is 29.8 Å². The fourth-order valence-electron chi connectivity index (χ4n) is 2.47. The third-order valence-corrected chi connectivity index (χ3v) is 3.41. The lowest BCUT2D eigenvalue weighted by atomic mass is 9.69. The summed E-state index contributed by atoms with van der Waals surface area (Å²) in [5.74, 6) is 0.818. The zero-order chi connectivity index (χ0) is 15.6. The van der Waals surface area contributed by atoms with Gasteiger partial charge in [-0.25, -0.2) is 0 Å². The van der Waals surface area contributed by atoms with Gasteiger partial charge in [0.2, 0.25) is 0 Å². The van der Waals surface area contributed by atoms with Crippen molar-refractivity contribution in [2.45, 2.75) is 60.8 Å². The Hall–Kier alpha value is -1.31. The summed E-state index contributed by atoms with van der Waals surface area (Å²) in [5.41, 5.74) is 1.80. The van der Waals surface area contributed by atoms with Gasteiger partial charge in [-0.2, -0.15) is 0 Å². The molecule has 0 saturated carbocycles. The van der Waals surface area contributed by atoms with Crippen LogP contribution in [-0.4, -0.2) is 5.97 Å². The van der Waals surface area contributed by atoms with Crippen LogP contribution >= 0.6 is 0 Å². The summed E-state index contributed by atoms with van der Waals surface area (Å²) in [6.07, 6.45) is 1.13. The highest BCUT2D eigenvalue weighted by Gasteiger charge is 2.30. The van der Waals surface area contributed by atoms with Crippen molar-refractivity contribution < 1.29 is 9.53 Å². The molecule has 0 aliphatic carbocycles. The summed E-state index contributed by atoms with van der Waals surface area (Å²) in [4.78, 5) is 11.0. The molecular formula is C18H28O2. The predicted molar refractivity (Wildman–Crippen MR) is 84.0 cm³/mol. The predicted octanol–water partition coefficient (Wildman–Crippen LogP) is 5.18. The van der Waals surface area contributed by atoms with Crippen LogP contribution in [0.2, 0.25) is 0 Å². The highest BCUT2D eigenvalue weighted by atomic mass is 16.5. The van der Waals surface area contributed by atoms with Crippen LogP contribution in [-0.2, 0) is 4.79 Å². The average molecular weight is 276 g/mol. The first kappa shape index (κ1) is 16.7. The fraction of sp³-hybridized carbons (Fsp3) is 0.611. The zero-order valence-corrected chi connectivity index (χ0v) is 13.9. The number of esters is 1. The molecule has 0 N–H and O–H groups in total. The molecule has 112 valence electrons. The standard InChI is InChI=1S/C18H28O2/c1-13(19)20-15-10-8-14(9-11-15)16(18(5,6)7)12-17(2,3)4/h8-11,16H,12H2,1-7H3. The smallest absolute Gasteiger partial charge is 0.308 e. The van der Waals surface area contributed by atoms with E-state index in [1.54, 1.807) is 0 Å². The number of hydrogen-bond donors (Lipinski definition) is 0. The molecule has 1 aromatic carbocycles. The summed E-state index contributed by atoms with van der Waals surface area (Å²) in [7, 11) is 0. The van der Waals surface area contributed by atoms with Gasteiger partial charge in [-0.3, -0.25) is 4.79 Å². The Labute approximate surface area is 123 Å². The molecule has 1 atom stereocenters. The van der Waals surface area contributed by atoms with E-state index >= 15 is 0 Å². The normalized spacial score (nSPS) is 13.9. The van der Waals surface area contributed by atoms with Crippen molar-refractivity contribution >= 4 is 5.97 Å². The third-order valence-electron chi connectivity index (χ3n) is 3.41. The summed E-state index contributed by atoms with van der Waals surface area (Å²) in [6.45, 7) is 15.1. The van der Waals surface area contributed by atoms with Crippen molar-refractivity contribution in [3.63, 3.8) is 0 Å². The van der Waals surface area contributed by atoms with E-state index in [0.717, 1.165) is 6.42 Å². The van der Waals surface area contributed by atoms with E-state index in [4.69, 9.17) is 4.74 Å². The SMILES string of the molecule is CC(=O)Oc1ccc(C(CC(C)(C)C)C(C)(C)C)cc1. The quantitative estimate of drug-likeness (QED) is 0.562. The van der Waals surface area contributed by atoms with Crippen LogP contribution in [0.3, 0.4) is 0 Å². The van der Waals surface area contributed by atoms with Gasteiger partial charge in [0, 0.05) is 6.92 Å². The molecule has 0 bridgehead atoms. The third kappa shape index (κ3) is 5.36. The topological polar surface area (TPSA) is 26.3 Å². The van der Waals surface area contributed by atoms with Crippen LogP contribution in [0, 0.1) is 10.8 Å². The first-order valence-corrected chi connectivity index (χ1v) is 7.27. The monoisotopic (exact) mass is 276 g/mol. The minimum absolute atomic E-state index is 0.205. The maximum Gasteiger partial charge on any atom is 0.308 e. The Morgan fingerprint density at radius 1 is 1.05 bits per heavy atom. The van der Waals surface area contributed by atoms with E-state index < -0.39 is 0 Å². The van der Waals surface area contributed by atoms with Gasteiger partial charge < -0.3 is 4.74 Å². The van der Waals surface area contributed by atoms with E-state index in [1.165, 1.54) is 12.5 Å². The van der Waals surface area contributed by atoms with Gasteiger partial charge in [0.15, 0.2) is 0 Å². The van der Waals surface area contributed by atoms with Gasteiger partial charge in [-0.15, -0.1) is 0 Å². The van der Waals surface area contributed by atoms with Crippen LogP contribution in [0.1, 0.15) is 66.4 Å². The van der Waals surface area contributed by atoms with Gasteiger partial charge in [0.05, 0.1) is 0 Å². The van der Waals surface area contributed by atoms with Gasteiger partial charge in [-0.05, 0) is 40.9 Å². The van der Waals surface area contributed by atoms with Crippen molar-refractivity contribution in [2.24, 2.45) is 10.8 Å². The molecule has 0 saturated heterocycles. The molecular weight excluding hydrogens is 248 g/mol. The van der Waals surface area contributed by atoms with Crippen LogP contribution in [0.5, 0.6) is 5.75 Å². The lowest BCUT2D eigenvalue weighted by molar-refractivity contribution is -0.131. The lowest BCUT2D eigenvalue weighted by Gasteiger charge is -2.36. The molecule has 1 aromatic rings. The molecule has 0 amide bonds. The number of ether oxygens (including phenoxy) is 1. The maximum atomic E-state index is 11.0. The molecule has 20 heavy (non-hydrogen) atoms. The highest BCUT2D eigenvalue weighted by molar-refractivity contribution is 5.69. The van der Waals surface area contributed by atoms with Crippen LogP contribution in [0.4, 0.5) is 0 Å². The van der Waals surface area contributed by atoms with Crippen LogP contribution < -0.4 is 4.74 Å². The summed E-state index contributed by atoms with van der Waals surface area (Å²) in [5, 5.41) is 0.